The van der Waals surface area contributed by atoms with Gasteiger partial charge >= 0.3 is 11.8 Å². The zero-order valence-corrected chi connectivity index (χ0v) is 10.5. The van der Waals surface area contributed by atoms with Gasteiger partial charge in [0.25, 0.3) is 0 Å². The first-order chi connectivity index (χ1) is 6.29. The Morgan fingerprint density at radius 1 is 0.857 bits per heavy atom. The highest BCUT2D eigenvalue weighted by atomic mass is 32.1. The molecule has 0 aliphatic rings. The van der Waals surface area contributed by atoms with Gasteiger partial charge in [0.15, 0.2) is 0 Å². The second kappa shape index (κ2) is 5.50. The van der Waals surface area contributed by atoms with E-state index in [1.807, 2.05) is 0 Å². The molecular weight excluding hydrogens is 220 g/mol. The predicted molar refractivity (Wildman–Crippen MR) is 61.9 cm³/mol. The van der Waals surface area contributed by atoms with E-state index in [2.05, 4.69) is 25.6 Å². The number of rotatable bonds is 2. The van der Waals surface area contributed by atoms with Crippen molar-refractivity contribution in [3.63, 3.8) is 0 Å². The Morgan fingerprint density at radius 2 is 1.07 bits per heavy atom. The van der Waals surface area contributed by atoms with E-state index in [0.717, 1.165) is 8.61 Å². The molecule has 0 aromatic heterocycles. The summed E-state index contributed by atoms with van der Waals surface area (Å²) in [4.78, 5) is 22.9. The molecule has 4 nitrogen and oxygen atoms in total. The van der Waals surface area contributed by atoms with E-state index in [9.17, 15) is 9.59 Å². The predicted octanol–water partition coefficient (Wildman–Crippen LogP) is 1.15. The average Bonchev–Trinajstić information content (AvgIpc) is 2.12. The van der Waals surface area contributed by atoms with Crippen molar-refractivity contribution in [2.75, 3.05) is 0 Å². The van der Waals surface area contributed by atoms with E-state index in [1.165, 1.54) is 0 Å². The molecule has 6 heteroatoms. The Morgan fingerprint density at radius 3 is 1.21 bits per heavy atom. The third-order valence-corrected chi connectivity index (χ3v) is 2.86. The Kier molecular flexibility index (Phi) is 5.36. The van der Waals surface area contributed by atoms with Crippen LogP contribution in [0.1, 0.15) is 27.7 Å². The molecule has 0 bridgehead atoms. The lowest BCUT2D eigenvalue weighted by atomic mass is 10.3. The van der Waals surface area contributed by atoms with Crippen molar-refractivity contribution >= 4 is 37.4 Å². The number of amides is 2. The van der Waals surface area contributed by atoms with E-state index < -0.39 is 11.8 Å². The smallest absolute Gasteiger partial charge is 0.278 e. The van der Waals surface area contributed by atoms with Crippen LogP contribution in [0.15, 0.2) is 0 Å². The van der Waals surface area contributed by atoms with Crippen LogP contribution >= 0.6 is 25.6 Å². The first-order valence-corrected chi connectivity index (χ1v) is 5.13. The van der Waals surface area contributed by atoms with E-state index in [0.29, 0.717) is 0 Å². The molecule has 0 fully saturated rings. The zero-order chi connectivity index (χ0) is 11.5. The van der Waals surface area contributed by atoms with Gasteiger partial charge in [0.2, 0.25) is 0 Å². The van der Waals surface area contributed by atoms with Gasteiger partial charge in [0.05, 0.1) is 0 Å². The molecule has 82 valence electrons. The summed E-state index contributed by atoms with van der Waals surface area (Å²) in [5.41, 5.74) is 0. The lowest BCUT2D eigenvalue weighted by Crippen LogP contribution is -2.42. The molecule has 0 aliphatic heterocycles. The normalized spacial score (nSPS) is 10.6. The van der Waals surface area contributed by atoms with Crippen LogP contribution in [0.25, 0.3) is 0 Å². The second-order valence-electron chi connectivity index (χ2n) is 3.49. The van der Waals surface area contributed by atoms with Gasteiger partial charge in [-0.05, 0) is 27.7 Å². The quantitative estimate of drug-likeness (QED) is 0.558. The van der Waals surface area contributed by atoms with Crippen molar-refractivity contribution in [2.24, 2.45) is 0 Å². The molecule has 0 unspecified atom stereocenters. The molecule has 0 aromatic rings. The number of hydrogen-bond acceptors (Lipinski definition) is 4. The fraction of sp³-hybridized carbons (Fsp3) is 0.750. The van der Waals surface area contributed by atoms with Crippen molar-refractivity contribution in [3.8, 4) is 0 Å². The number of carbonyl (C=O) groups is 2. The summed E-state index contributed by atoms with van der Waals surface area (Å²) < 4.78 is 2.18. The van der Waals surface area contributed by atoms with E-state index >= 15 is 0 Å². The molecule has 0 spiro atoms. The monoisotopic (exact) mass is 236 g/mol. The highest BCUT2D eigenvalue weighted by molar-refractivity contribution is 7.79. The molecule has 0 rings (SSSR count). The maximum atomic E-state index is 11.4. The van der Waals surface area contributed by atoms with Gasteiger partial charge in [0, 0.05) is 12.1 Å². The Labute approximate surface area is 95.7 Å². The number of carbonyl (C=O) groups excluding carboxylic acids is 2. The average molecular weight is 236 g/mol. The SMILES string of the molecule is CC(C)N(S)C(=O)C(=O)N(S)C(C)C. The summed E-state index contributed by atoms with van der Waals surface area (Å²) >= 11 is 7.85. The van der Waals surface area contributed by atoms with Crippen molar-refractivity contribution in [3.05, 3.63) is 0 Å². The van der Waals surface area contributed by atoms with Crippen LogP contribution in [0.2, 0.25) is 0 Å². The Bertz CT molecular complexity index is 207. The molecule has 0 N–H and O–H groups in total. The fourth-order valence-electron chi connectivity index (χ4n) is 0.665. The van der Waals surface area contributed by atoms with Gasteiger partial charge < -0.3 is 0 Å². The van der Waals surface area contributed by atoms with Crippen molar-refractivity contribution in [1.29, 1.82) is 0 Å². The zero-order valence-electron chi connectivity index (χ0n) is 8.76. The summed E-state index contributed by atoms with van der Waals surface area (Å²) in [6.07, 6.45) is 0. The summed E-state index contributed by atoms with van der Waals surface area (Å²) in [5, 5.41) is 0. The molecule has 0 aromatic carbocycles. The van der Waals surface area contributed by atoms with Crippen LogP contribution in [0, 0.1) is 0 Å². The van der Waals surface area contributed by atoms with Crippen LogP contribution in [0.3, 0.4) is 0 Å². The van der Waals surface area contributed by atoms with Gasteiger partial charge in [-0.2, -0.15) is 0 Å². The topological polar surface area (TPSA) is 40.6 Å². The Hall–Kier alpha value is -0.360. The summed E-state index contributed by atoms with van der Waals surface area (Å²) in [7, 11) is 0. The lowest BCUT2D eigenvalue weighted by molar-refractivity contribution is -0.146. The van der Waals surface area contributed by atoms with Crippen molar-refractivity contribution in [2.45, 2.75) is 39.8 Å². The van der Waals surface area contributed by atoms with Gasteiger partial charge in [-0.1, -0.05) is 25.6 Å². The third kappa shape index (κ3) is 3.42. The molecule has 0 aliphatic carbocycles. The van der Waals surface area contributed by atoms with Crippen LogP contribution in [-0.4, -0.2) is 32.5 Å². The summed E-state index contributed by atoms with van der Waals surface area (Å²) in [6.45, 7) is 7.10. The van der Waals surface area contributed by atoms with Gasteiger partial charge in [-0.3, -0.25) is 18.2 Å². The molecule has 2 amide bonds. The number of thiol groups is 2. The molecule has 0 atom stereocenters. The van der Waals surface area contributed by atoms with Crippen LogP contribution in [0.4, 0.5) is 0 Å². The van der Waals surface area contributed by atoms with Crippen LogP contribution < -0.4 is 0 Å². The Balaban J connectivity index is 4.48. The van der Waals surface area contributed by atoms with Gasteiger partial charge in [-0.15, -0.1) is 0 Å². The first-order valence-electron chi connectivity index (χ1n) is 4.33. The minimum Gasteiger partial charge on any atom is -0.278 e. The first kappa shape index (κ1) is 13.6. The standard InChI is InChI=1S/C8H16N2O2S2/c1-5(2)9(13)7(11)8(12)10(14)6(3)4/h5-6,13-14H,1-4H3. The van der Waals surface area contributed by atoms with E-state index in [1.54, 1.807) is 27.7 Å². The van der Waals surface area contributed by atoms with Gasteiger partial charge in [-0.25, -0.2) is 0 Å². The molecule has 14 heavy (non-hydrogen) atoms. The highest BCUT2D eigenvalue weighted by Crippen LogP contribution is 2.08. The maximum absolute atomic E-state index is 11.4. The number of hydrogen-bond donors (Lipinski definition) is 2. The summed E-state index contributed by atoms with van der Waals surface area (Å²) in [5.74, 6) is -1.32. The molecule has 0 radical (unpaired) electrons. The highest BCUT2D eigenvalue weighted by Gasteiger charge is 2.26. The van der Waals surface area contributed by atoms with Gasteiger partial charge in [0.1, 0.15) is 0 Å². The van der Waals surface area contributed by atoms with E-state index in [4.69, 9.17) is 0 Å². The third-order valence-electron chi connectivity index (χ3n) is 1.58. The minimum absolute atomic E-state index is 0.122. The number of nitrogens with zero attached hydrogens (tertiary/aromatic N) is 2. The second-order valence-corrected chi connectivity index (χ2v) is 4.35. The molecule has 0 heterocycles. The molecule has 0 saturated heterocycles. The fourth-order valence-corrected chi connectivity index (χ4v) is 0.836. The molecular formula is C8H16N2O2S2. The minimum atomic E-state index is -0.660. The lowest BCUT2D eigenvalue weighted by Gasteiger charge is -2.24. The van der Waals surface area contributed by atoms with E-state index in [-0.39, 0.29) is 12.1 Å². The summed E-state index contributed by atoms with van der Waals surface area (Å²) in [6, 6.07) is -0.243. The molecule has 0 saturated carbocycles. The van der Waals surface area contributed by atoms with Crippen molar-refractivity contribution < 1.29 is 9.59 Å². The largest absolute Gasteiger partial charge is 0.322 e. The maximum Gasteiger partial charge on any atom is 0.322 e. The van der Waals surface area contributed by atoms with Crippen LogP contribution in [0.5, 0.6) is 0 Å². The van der Waals surface area contributed by atoms with Crippen molar-refractivity contribution in [1.82, 2.24) is 8.61 Å². The van der Waals surface area contributed by atoms with Crippen LogP contribution in [-0.2, 0) is 9.59 Å².